The molecule has 0 atom stereocenters. The summed E-state index contributed by atoms with van der Waals surface area (Å²) in [6.07, 6.45) is 9.31. The molecule has 1 N–H and O–H groups in total. The number of nitrogens with one attached hydrogen (secondary N) is 1. The summed E-state index contributed by atoms with van der Waals surface area (Å²) in [4.78, 5) is 21.2. The fourth-order valence-electron chi connectivity index (χ4n) is 3.80. The van der Waals surface area contributed by atoms with Gasteiger partial charge in [-0.05, 0) is 55.3 Å². The molecule has 7 heteroatoms. The van der Waals surface area contributed by atoms with Crippen molar-refractivity contribution in [2.24, 2.45) is 0 Å². The number of hydrogen-bond donors (Lipinski definition) is 1. The number of fused-ring (bicyclic) bond motifs is 2. The summed E-state index contributed by atoms with van der Waals surface area (Å²) in [5, 5.41) is 11.6. The van der Waals surface area contributed by atoms with Crippen LogP contribution < -0.4 is 5.32 Å². The Bertz CT molecular complexity index is 1260. The lowest BCUT2D eigenvalue weighted by atomic mass is 10.2. The summed E-state index contributed by atoms with van der Waals surface area (Å²) in [5.41, 5.74) is 3.98. The third-order valence-electron chi connectivity index (χ3n) is 5.39. The van der Waals surface area contributed by atoms with Crippen LogP contribution >= 0.6 is 0 Å². The highest BCUT2D eigenvalue weighted by Gasteiger charge is 2.15. The lowest BCUT2D eigenvalue weighted by Crippen LogP contribution is -2.08. The van der Waals surface area contributed by atoms with Gasteiger partial charge in [-0.3, -0.25) is 9.78 Å². The van der Waals surface area contributed by atoms with E-state index in [1.54, 1.807) is 12.3 Å². The zero-order chi connectivity index (χ0) is 21.0. The molecule has 0 radical (unpaired) electrons. The van der Waals surface area contributed by atoms with E-state index in [1.807, 2.05) is 48.5 Å². The summed E-state index contributed by atoms with van der Waals surface area (Å²) >= 11 is 0. The predicted molar refractivity (Wildman–Crippen MR) is 120 cm³/mol. The first kappa shape index (κ1) is 19.1. The van der Waals surface area contributed by atoms with Gasteiger partial charge in [-0.1, -0.05) is 18.6 Å². The van der Waals surface area contributed by atoms with E-state index in [1.165, 1.54) is 18.9 Å². The number of anilines is 1. The monoisotopic (exact) mass is 410 g/mol. The van der Waals surface area contributed by atoms with Gasteiger partial charge in [-0.25, -0.2) is 4.98 Å². The SMILES string of the molecule is O=C(/C=C/c1cnc2ccccc2n1)Nc1ccc(-c2nnc3n2CCCCC3)cc1. The predicted octanol–water partition coefficient (Wildman–Crippen LogP) is 4.27. The van der Waals surface area contributed by atoms with E-state index >= 15 is 0 Å². The second kappa shape index (κ2) is 8.47. The number of nitrogens with zero attached hydrogens (tertiary/aromatic N) is 5. The molecule has 0 spiro atoms. The molecule has 4 aromatic rings. The zero-order valence-corrected chi connectivity index (χ0v) is 17.0. The van der Waals surface area contributed by atoms with Gasteiger partial charge in [0.05, 0.1) is 22.9 Å². The molecule has 5 rings (SSSR count). The van der Waals surface area contributed by atoms with Crippen LogP contribution in [0, 0.1) is 0 Å². The van der Waals surface area contributed by atoms with Crippen molar-refractivity contribution >= 4 is 28.7 Å². The molecular weight excluding hydrogens is 388 g/mol. The van der Waals surface area contributed by atoms with Crippen molar-refractivity contribution in [2.75, 3.05) is 5.32 Å². The van der Waals surface area contributed by atoms with Gasteiger partial charge < -0.3 is 9.88 Å². The molecule has 31 heavy (non-hydrogen) atoms. The van der Waals surface area contributed by atoms with Crippen molar-refractivity contribution < 1.29 is 4.79 Å². The Morgan fingerprint density at radius 2 is 1.81 bits per heavy atom. The normalized spacial score (nSPS) is 13.8. The Labute approximate surface area is 179 Å². The molecular formula is C24H22N6O. The number of benzene rings is 2. The van der Waals surface area contributed by atoms with Crippen LogP contribution in [-0.2, 0) is 17.8 Å². The Balaban J connectivity index is 1.26. The standard InChI is InChI=1S/C24H22N6O/c31-23(14-13-19-16-25-20-6-3-4-7-21(20)26-19)27-18-11-9-17(10-12-18)24-29-28-22-8-2-1-5-15-30(22)24/h3-4,6-7,9-14,16H,1-2,5,8,15H2,(H,27,31)/b14-13+. The maximum Gasteiger partial charge on any atom is 0.248 e. The number of para-hydroxylation sites is 2. The van der Waals surface area contributed by atoms with E-state index in [4.69, 9.17) is 0 Å². The highest BCUT2D eigenvalue weighted by molar-refractivity contribution is 6.02. The molecule has 1 aliphatic heterocycles. The van der Waals surface area contributed by atoms with Crippen LogP contribution in [0.1, 0.15) is 30.8 Å². The minimum atomic E-state index is -0.223. The van der Waals surface area contributed by atoms with E-state index in [0.717, 1.165) is 53.3 Å². The summed E-state index contributed by atoms with van der Waals surface area (Å²) < 4.78 is 2.22. The number of aromatic nitrogens is 5. The largest absolute Gasteiger partial charge is 0.323 e. The molecule has 3 heterocycles. The van der Waals surface area contributed by atoms with Crippen molar-refractivity contribution in [3.05, 3.63) is 72.3 Å². The fourth-order valence-corrected chi connectivity index (χ4v) is 3.80. The van der Waals surface area contributed by atoms with Gasteiger partial charge in [-0.15, -0.1) is 10.2 Å². The highest BCUT2D eigenvalue weighted by Crippen LogP contribution is 2.24. The Hall–Kier alpha value is -3.87. The van der Waals surface area contributed by atoms with Crippen LogP contribution in [0.5, 0.6) is 0 Å². The fraction of sp³-hybridized carbons (Fsp3) is 0.208. The smallest absolute Gasteiger partial charge is 0.248 e. The van der Waals surface area contributed by atoms with E-state index in [0.29, 0.717) is 5.69 Å². The van der Waals surface area contributed by atoms with E-state index in [-0.39, 0.29) is 5.91 Å². The Morgan fingerprint density at radius 1 is 0.968 bits per heavy atom. The average molecular weight is 410 g/mol. The minimum Gasteiger partial charge on any atom is -0.323 e. The molecule has 1 aliphatic rings. The van der Waals surface area contributed by atoms with Crippen LogP contribution in [-0.4, -0.2) is 30.6 Å². The van der Waals surface area contributed by atoms with Crippen LogP contribution in [0.2, 0.25) is 0 Å². The third kappa shape index (κ3) is 4.21. The van der Waals surface area contributed by atoms with Crippen LogP contribution in [0.25, 0.3) is 28.5 Å². The topological polar surface area (TPSA) is 85.6 Å². The van der Waals surface area contributed by atoms with Gasteiger partial charge >= 0.3 is 0 Å². The molecule has 2 aromatic heterocycles. The van der Waals surface area contributed by atoms with Crippen molar-refractivity contribution in [1.82, 2.24) is 24.7 Å². The molecule has 0 bridgehead atoms. The average Bonchev–Trinajstić information content (AvgIpc) is 3.06. The number of amides is 1. The highest BCUT2D eigenvalue weighted by atomic mass is 16.1. The summed E-state index contributed by atoms with van der Waals surface area (Å²) in [6.45, 7) is 0.957. The Morgan fingerprint density at radius 3 is 2.68 bits per heavy atom. The number of hydrogen-bond acceptors (Lipinski definition) is 5. The van der Waals surface area contributed by atoms with Crippen LogP contribution in [0.3, 0.4) is 0 Å². The summed E-state index contributed by atoms with van der Waals surface area (Å²) in [7, 11) is 0. The van der Waals surface area contributed by atoms with Crippen molar-refractivity contribution in [3.8, 4) is 11.4 Å². The van der Waals surface area contributed by atoms with Crippen molar-refractivity contribution in [3.63, 3.8) is 0 Å². The first-order valence-corrected chi connectivity index (χ1v) is 10.5. The molecule has 0 saturated carbocycles. The molecule has 2 aromatic carbocycles. The zero-order valence-electron chi connectivity index (χ0n) is 17.0. The van der Waals surface area contributed by atoms with Crippen LogP contribution in [0.15, 0.2) is 60.8 Å². The van der Waals surface area contributed by atoms with E-state index in [9.17, 15) is 4.79 Å². The number of carbonyl (C=O) groups is 1. The first-order valence-electron chi connectivity index (χ1n) is 10.5. The lowest BCUT2D eigenvalue weighted by Gasteiger charge is -2.08. The first-order chi connectivity index (χ1) is 15.3. The molecule has 0 fully saturated rings. The van der Waals surface area contributed by atoms with Crippen LogP contribution in [0.4, 0.5) is 5.69 Å². The number of carbonyl (C=O) groups excluding carboxylic acids is 1. The second-order valence-corrected chi connectivity index (χ2v) is 7.59. The van der Waals surface area contributed by atoms with Gasteiger partial charge in [0, 0.05) is 30.3 Å². The van der Waals surface area contributed by atoms with Crippen molar-refractivity contribution in [2.45, 2.75) is 32.2 Å². The molecule has 0 saturated heterocycles. The van der Waals surface area contributed by atoms with Gasteiger partial charge in [0.1, 0.15) is 5.82 Å². The molecule has 0 unspecified atom stereocenters. The summed E-state index contributed by atoms with van der Waals surface area (Å²) in [6, 6.07) is 15.3. The third-order valence-corrected chi connectivity index (χ3v) is 5.39. The van der Waals surface area contributed by atoms with E-state index in [2.05, 4.69) is 30.0 Å². The molecule has 0 aliphatic carbocycles. The number of rotatable bonds is 4. The molecule has 1 amide bonds. The second-order valence-electron chi connectivity index (χ2n) is 7.59. The quantitative estimate of drug-likeness (QED) is 0.508. The van der Waals surface area contributed by atoms with Gasteiger partial charge in [0.15, 0.2) is 5.82 Å². The summed E-state index contributed by atoms with van der Waals surface area (Å²) in [5.74, 6) is 1.73. The maximum absolute atomic E-state index is 12.3. The minimum absolute atomic E-state index is 0.223. The van der Waals surface area contributed by atoms with Gasteiger partial charge in [0.25, 0.3) is 0 Å². The Kier molecular flexibility index (Phi) is 5.22. The van der Waals surface area contributed by atoms with Gasteiger partial charge in [-0.2, -0.15) is 0 Å². The maximum atomic E-state index is 12.3. The molecule has 154 valence electrons. The lowest BCUT2D eigenvalue weighted by molar-refractivity contribution is -0.111. The number of aryl methyl sites for hydroxylation is 1. The van der Waals surface area contributed by atoms with E-state index < -0.39 is 0 Å². The van der Waals surface area contributed by atoms with Crippen molar-refractivity contribution in [1.29, 1.82) is 0 Å². The molecule has 7 nitrogen and oxygen atoms in total. The van der Waals surface area contributed by atoms with Gasteiger partial charge in [0.2, 0.25) is 5.91 Å².